The summed E-state index contributed by atoms with van der Waals surface area (Å²) in [5.74, 6) is -7.92. The van der Waals surface area contributed by atoms with E-state index in [9.17, 15) is 26.7 Å². The van der Waals surface area contributed by atoms with Crippen LogP contribution in [-0.4, -0.2) is 33.5 Å². The third-order valence-corrected chi connectivity index (χ3v) is 1.70. The SMILES string of the molecule is Cn1nc(C(F)(F)C(F)(F)F)nc1OCC(N)=O. The van der Waals surface area contributed by atoms with Crippen LogP contribution in [0.4, 0.5) is 22.0 Å². The van der Waals surface area contributed by atoms with Crippen LogP contribution in [0.25, 0.3) is 0 Å². The van der Waals surface area contributed by atoms with Gasteiger partial charge < -0.3 is 10.5 Å². The standard InChI is InChI=1S/C7H7F5N4O2/c1-16-5(18-2-3(13)17)14-4(15-16)6(8,9)7(10,11)12/h2H2,1H3,(H2,13,17). The molecule has 0 aliphatic rings. The van der Waals surface area contributed by atoms with Crippen molar-refractivity contribution in [3.05, 3.63) is 5.82 Å². The predicted octanol–water partition coefficient (Wildman–Crippen LogP) is 0.333. The molecule has 6 nitrogen and oxygen atoms in total. The molecule has 0 fully saturated rings. The van der Waals surface area contributed by atoms with Gasteiger partial charge in [0.15, 0.2) is 6.61 Å². The summed E-state index contributed by atoms with van der Waals surface area (Å²) >= 11 is 0. The van der Waals surface area contributed by atoms with Gasteiger partial charge >= 0.3 is 18.1 Å². The van der Waals surface area contributed by atoms with Crippen molar-refractivity contribution < 1.29 is 31.5 Å². The highest BCUT2D eigenvalue weighted by Gasteiger charge is 2.62. The van der Waals surface area contributed by atoms with Gasteiger partial charge in [-0.1, -0.05) is 0 Å². The maximum Gasteiger partial charge on any atom is 0.461 e. The lowest BCUT2D eigenvalue weighted by molar-refractivity contribution is -0.292. The first-order valence-corrected chi connectivity index (χ1v) is 4.33. The molecule has 1 aromatic heterocycles. The Hall–Kier alpha value is -1.94. The molecule has 1 aromatic rings. The normalized spacial score (nSPS) is 12.6. The molecule has 0 spiro atoms. The van der Waals surface area contributed by atoms with Crippen molar-refractivity contribution in [1.82, 2.24) is 14.8 Å². The second kappa shape index (κ2) is 4.38. The molecule has 0 saturated carbocycles. The Kier molecular flexibility index (Phi) is 3.44. The number of aryl methyl sites for hydroxylation is 1. The van der Waals surface area contributed by atoms with E-state index in [0.29, 0.717) is 4.68 Å². The summed E-state index contributed by atoms with van der Waals surface area (Å²) in [6.45, 7) is -0.719. The fourth-order valence-corrected chi connectivity index (χ4v) is 0.891. The van der Waals surface area contributed by atoms with Crippen LogP contribution in [0, 0.1) is 0 Å². The van der Waals surface area contributed by atoms with Crippen LogP contribution in [0.1, 0.15) is 5.82 Å². The van der Waals surface area contributed by atoms with Crippen molar-refractivity contribution in [2.75, 3.05) is 6.61 Å². The van der Waals surface area contributed by atoms with Gasteiger partial charge in [0.2, 0.25) is 5.82 Å². The zero-order valence-electron chi connectivity index (χ0n) is 8.83. The zero-order valence-corrected chi connectivity index (χ0v) is 8.83. The lowest BCUT2D eigenvalue weighted by atomic mass is 10.3. The molecule has 1 rings (SSSR count). The van der Waals surface area contributed by atoms with Gasteiger partial charge in [-0.3, -0.25) is 4.79 Å². The van der Waals surface area contributed by atoms with E-state index in [2.05, 4.69) is 14.8 Å². The molecule has 0 bridgehead atoms. The average Bonchev–Trinajstić information content (AvgIpc) is 2.55. The van der Waals surface area contributed by atoms with Crippen molar-refractivity contribution in [3.8, 4) is 6.01 Å². The van der Waals surface area contributed by atoms with E-state index in [1.165, 1.54) is 0 Å². The molecule has 1 heterocycles. The number of alkyl halides is 5. The van der Waals surface area contributed by atoms with Gasteiger partial charge in [-0.05, 0) is 0 Å². The smallest absolute Gasteiger partial charge is 0.454 e. The average molecular weight is 274 g/mol. The number of carbonyl (C=O) groups excluding carboxylic acids is 1. The Morgan fingerprint density at radius 3 is 2.39 bits per heavy atom. The topological polar surface area (TPSA) is 83.0 Å². The summed E-state index contributed by atoms with van der Waals surface area (Å²) in [5, 5.41) is 2.89. The Bertz CT molecular complexity index is 455. The molecule has 0 aliphatic heterocycles. The Balaban J connectivity index is 3.00. The predicted molar refractivity (Wildman–Crippen MR) is 45.6 cm³/mol. The quantitative estimate of drug-likeness (QED) is 0.802. The molecule has 0 atom stereocenters. The largest absolute Gasteiger partial charge is 0.461 e. The molecule has 102 valence electrons. The monoisotopic (exact) mass is 274 g/mol. The van der Waals surface area contributed by atoms with Crippen LogP contribution in [-0.2, 0) is 17.8 Å². The van der Waals surface area contributed by atoms with Gasteiger partial charge in [0.05, 0.1) is 0 Å². The van der Waals surface area contributed by atoms with Crippen molar-refractivity contribution in [2.24, 2.45) is 12.8 Å². The van der Waals surface area contributed by atoms with Crippen LogP contribution < -0.4 is 10.5 Å². The lowest BCUT2D eigenvalue weighted by Gasteiger charge is -2.15. The molecule has 1 amide bonds. The number of hydrogen-bond acceptors (Lipinski definition) is 4. The highest BCUT2D eigenvalue weighted by molar-refractivity contribution is 5.75. The summed E-state index contributed by atoms with van der Waals surface area (Å²) < 4.78 is 66.8. The second-order valence-corrected chi connectivity index (χ2v) is 3.17. The number of halogens is 5. The molecule has 0 saturated heterocycles. The molecule has 2 N–H and O–H groups in total. The number of primary amides is 1. The maximum atomic E-state index is 12.8. The van der Waals surface area contributed by atoms with Gasteiger partial charge in [0.25, 0.3) is 5.91 Å². The number of amides is 1. The van der Waals surface area contributed by atoms with Crippen molar-refractivity contribution in [3.63, 3.8) is 0 Å². The van der Waals surface area contributed by atoms with Crippen LogP contribution in [0.3, 0.4) is 0 Å². The molecule has 0 aliphatic carbocycles. The van der Waals surface area contributed by atoms with Crippen LogP contribution in [0.2, 0.25) is 0 Å². The van der Waals surface area contributed by atoms with Gasteiger partial charge in [-0.15, -0.1) is 5.10 Å². The van der Waals surface area contributed by atoms with E-state index in [1.54, 1.807) is 0 Å². The molecule has 18 heavy (non-hydrogen) atoms. The third kappa shape index (κ3) is 2.65. The van der Waals surface area contributed by atoms with Crippen LogP contribution in [0.15, 0.2) is 0 Å². The number of carbonyl (C=O) groups is 1. The molecule has 0 unspecified atom stereocenters. The molecule has 0 aromatic carbocycles. The molecule has 0 radical (unpaired) electrons. The fraction of sp³-hybridized carbons (Fsp3) is 0.571. The van der Waals surface area contributed by atoms with Gasteiger partial charge in [0.1, 0.15) is 0 Å². The van der Waals surface area contributed by atoms with E-state index in [-0.39, 0.29) is 0 Å². The highest BCUT2D eigenvalue weighted by Crippen LogP contribution is 2.42. The molecular formula is C7H7F5N4O2. The number of nitrogens with zero attached hydrogens (tertiary/aromatic N) is 3. The summed E-state index contributed by atoms with van der Waals surface area (Å²) in [6, 6.07) is -0.673. The first-order valence-electron chi connectivity index (χ1n) is 4.33. The van der Waals surface area contributed by atoms with E-state index in [1.807, 2.05) is 0 Å². The number of nitrogens with two attached hydrogens (primary N) is 1. The number of hydrogen-bond donors (Lipinski definition) is 1. The summed E-state index contributed by atoms with van der Waals surface area (Å²) in [5.41, 5.74) is 4.70. The molecule has 11 heteroatoms. The van der Waals surface area contributed by atoms with Crippen LogP contribution in [0.5, 0.6) is 6.01 Å². The van der Waals surface area contributed by atoms with Crippen molar-refractivity contribution in [1.29, 1.82) is 0 Å². The maximum absolute atomic E-state index is 12.8. The fourth-order valence-electron chi connectivity index (χ4n) is 0.891. The Morgan fingerprint density at radius 1 is 1.39 bits per heavy atom. The first kappa shape index (κ1) is 14.1. The van der Waals surface area contributed by atoms with Gasteiger partial charge in [-0.25, -0.2) is 4.68 Å². The van der Waals surface area contributed by atoms with Gasteiger partial charge in [0, 0.05) is 7.05 Å². The number of ether oxygens (including phenoxy) is 1. The van der Waals surface area contributed by atoms with E-state index >= 15 is 0 Å². The minimum Gasteiger partial charge on any atom is -0.454 e. The highest BCUT2D eigenvalue weighted by atomic mass is 19.4. The molecular weight excluding hydrogens is 267 g/mol. The number of rotatable bonds is 4. The van der Waals surface area contributed by atoms with E-state index in [0.717, 1.165) is 7.05 Å². The minimum atomic E-state index is -5.82. The van der Waals surface area contributed by atoms with Crippen molar-refractivity contribution >= 4 is 5.91 Å². The van der Waals surface area contributed by atoms with Gasteiger partial charge in [-0.2, -0.15) is 26.9 Å². The first-order chi connectivity index (χ1) is 8.05. The van der Waals surface area contributed by atoms with Crippen molar-refractivity contribution in [2.45, 2.75) is 12.1 Å². The van der Waals surface area contributed by atoms with E-state index in [4.69, 9.17) is 5.73 Å². The minimum absolute atomic E-state index is 0.540. The summed E-state index contributed by atoms with van der Waals surface area (Å²) in [7, 11) is 1.03. The summed E-state index contributed by atoms with van der Waals surface area (Å²) in [4.78, 5) is 13.2. The summed E-state index contributed by atoms with van der Waals surface area (Å²) in [6.07, 6.45) is -5.82. The lowest BCUT2D eigenvalue weighted by Crippen LogP contribution is -2.34. The Morgan fingerprint density at radius 2 is 1.94 bits per heavy atom. The van der Waals surface area contributed by atoms with Crippen LogP contribution >= 0.6 is 0 Å². The third-order valence-electron chi connectivity index (χ3n) is 1.70. The Labute approximate surface area is 96.5 Å². The second-order valence-electron chi connectivity index (χ2n) is 3.17. The van der Waals surface area contributed by atoms with E-state index < -0.39 is 36.4 Å². The zero-order chi connectivity index (χ0) is 14.1. The number of aromatic nitrogens is 3.